The van der Waals surface area contributed by atoms with E-state index in [1.54, 1.807) is 0 Å². The van der Waals surface area contributed by atoms with E-state index in [1.165, 1.54) is 141 Å². The summed E-state index contributed by atoms with van der Waals surface area (Å²) >= 11 is 0. The van der Waals surface area contributed by atoms with Gasteiger partial charge >= 0.3 is 39.5 Å². The second kappa shape index (κ2) is 64.2. The van der Waals surface area contributed by atoms with Crippen LogP contribution >= 0.6 is 15.6 Å². The molecule has 0 aromatic heterocycles. The molecule has 0 aliphatic heterocycles. The third-order valence-corrected chi connectivity index (χ3v) is 18.8. The van der Waals surface area contributed by atoms with Crippen molar-refractivity contribution in [2.75, 3.05) is 39.6 Å². The summed E-state index contributed by atoms with van der Waals surface area (Å²) in [4.78, 5) is 72.6. The molecule has 0 radical (unpaired) electrons. The van der Waals surface area contributed by atoms with Crippen molar-refractivity contribution >= 4 is 39.5 Å². The van der Waals surface area contributed by atoms with Gasteiger partial charge < -0.3 is 33.8 Å². The van der Waals surface area contributed by atoms with Gasteiger partial charge in [0.15, 0.2) is 12.2 Å². The maximum Gasteiger partial charge on any atom is 0.472 e. The largest absolute Gasteiger partial charge is 0.472 e. The molecule has 6 atom stereocenters. The molecular weight excluding hydrogens is 1220 g/mol. The fourth-order valence-corrected chi connectivity index (χ4v) is 12.3. The number of ether oxygens (including phenoxy) is 4. The number of carbonyl (C=O) groups is 4. The van der Waals surface area contributed by atoms with Crippen molar-refractivity contribution in [2.24, 2.45) is 17.8 Å². The summed E-state index contributed by atoms with van der Waals surface area (Å²) in [5.74, 6) is 0.0869. The molecule has 0 bridgehead atoms. The number of esters is 4. The fourth-order valence-electron chi connectivity index (χ4n) is 10.7. The van der Waals surface area contributed by atoms with Crippen molar-refractivity contribution < 1.29 is 80.2 Å². The van der Waals surface area contributed by atoms with E-state index >= 15 is 0 Å². The lowest BCUT2D eigenvalue weighted by molar-refractivity contribution is -0.161. The first-order valence-electron chi connectivity index (χ1n) is 37.7. The average molecular weight is 1360 g/mol. The van der Waals surface area contributed by atoms with Crippen LogP contribution in [0.1, 0.15) is 350 Å². The minimum atomic E-state index is -4.96. The van der Waals surface area contributed by atoms with E-state index in [0.717, 1.165) is 115 Å². The number of aliphatic hydroxyl groups is 1. The molecule has 0 fully saturated rings. The molecule has 17 nitrogen and oxygen atoms in total. The molecule has 0 aromatic rings. The molecular formula is C74H140O17P2. The summed E-state index contributed by atoms with van der Waals surface area (Å²) in [5.41, 5.74) is 0. The zero-order chi connectivity index (χ0) is 68.7. The summed E-state index contributed by atoms with van der Waals surface area (Å²) in [5, 5.41) is 10.6. The number of allylic oxidation sites excluding steroid dienone is 4. The topological polar surface area (TPSA) is 237 Å². The number of rotatable bonds is 70. The Hall–Kier alpha value is -2.46. The summed E-state index contributed by atoms with van der Waals surface area (Å²) < 4.78 is 68.3. The molecule has 93 heavy (non-hydrogen) atoms. The second-order valence-electron chi connectivity index (χ2n) is 27.2. The maximum absolute atomic E-state index is 13.1. The fraction of sp³-hybridized carbons (Fsp3) is 0.892. The smallest absolute Gasteiger partial charge is 0.462 e. The average Bonchev–Trinajstić information content (AvgIpc) is 1.60. The van der Waals surface area contributed by atoms with E-state index in [0.29, 0.717) is 37.5 Å². The summed E-state index contributed by atoms with van der Waals surface area (Å²) in [6.07, 6.45) is 52.3. The first-order chi connectivity index (χ1) is 44.8. The number of aliphatic hydroxyl groups excluding tert-OH is 1. The minimum Gasteiger partial charge on any atom is -0.462 e. The van der Waals surface area contributed by atoms with E-state index in [-0.39, 0.29) is 25.7 Å². The molecule has 0 heterocycles. The monoisotopic (exact) mass is 1360 g/mol. The third kappa shape index (κ3) is 66.6. The van der Waals surface area contributed by atoms with Crippen molar-refractivity contribution in [3.05, 3.63) is 24.3 Å². The SMILES string of the molecule is CCCCCC/C=C\C=C/CCCCCCCC(=O)O[C@H](COC(=O)CCCCCCCCCCCCCCCCC(C)CC)COP(=O)(O)OC[C@@H](O)COP(=O)(O)OC[C@@H](COC(=O)CCCCCCCCC(C)C)OC(=O)CCCCCCCCCCC(C)C. The molecule has 0 amide bonds. The molecule has 0 aliphatic rings. The van der Waals surface area contributed by atoms with E-state index in [2.05, 4.69) is 72.8 Å². The highest BCUT2D eigenvalue weighted by Gasteiger charge is 2.30. The lowest BCUT2D eigenvalue weighted by Crippen LogP contribution is -2.30. The van der Waals surface area contributed by atoms with Gasteiger partial charge in [-0.25, -0.2) is 9.13 Å². The van der Waals surface area contributed by atoms with Gasteiger partial charge in [-0.1, -0.05) is 297 Å². The number of phosphoric acid groups is 2. The van der Waals surface area contributed by atoms with Gasteiger partial charge in [-0.15, -0.1) is 0 Å². The van der Waals surface area contributed by atoms with Crippen LogP contribution in [0, 0.1) is 17.8 Å². The zero-order valence-electron chi connectivity index (χ0n) is 60.2. The van der Waals surface area contributed by atoms with Gasteiger partial charge in [0.25, 0.3) is 0 Å². The van der Waals surface area contributed by atoms with E-state index in [9.17, 15) is 43.2 Å². The Morgan fingerprint density at radius 2 is 0.634 bits per heavy atom. The van der Waals surface area contributed by atoms with Gasteiger partial charge in [0.2, 0.25) is 0 Å². The minimum absolute atomic E-state index is 0.0847. The van der Waals surface area contributed by atoms with Gasteiger partial charge in [0.05, 0.1) is 26.4 Å². The zero-order valence-corrected chi connectivity index (χ0v) is 62.0. The molecule has 0 saturated heterocycles. The standard InChI is InChI=1S/C74H140O17P2/c1-8-10-11-12-13-14-15-16-17-22-25-28-34-43-50-57-73(78)90-69(61-84-71(76)55-48-41-33-27-24-21-19-18-20-23-26-32-40-47-54-67(7)9-2)63-88-92(80,81)86-59-68(75)60-87-93(82,83)89-64-70(62-85-72(77)56-49-42-37-36-39-46-53-66(5)6)91-74(79)58-51-44-35-30-29-31-38-45-52-65(3)4/h14-17,65-70,75H,8-13,18-64H2,1-7H3,(H,80,81)(H,82,83)/b15-14-,17-16-/t67?,68-,69-,70-/m1/s1. The molecule has 0 saturated carbocycles. The van der Waals surface area contributed by atoms with Crippen LogP contribution in [-0.4, -0.2) is 96.7 Å². The first kappa shape index (κ1) is 90.5. The number of hydrogen-bond donors (Lipinski definition) is 3. The van der Waals surface area contributed by atoms with E-state index < -0.39 is 97.5 Å². The van der Waals surface area contributed by atoms with Crippen molar-refractivity contribution in [3.63, 3.8) is 0 Å². The number of phosphoric ester groups is 2. The van der Waals surface area contributed by atoms with Gasteiger partial charge in [-0.3, -0.25) is 37.3 Å². The van der Waals surface area contributed by atoms with E-state index in [1.807, 2.05) is 0 Å². The van der Waals surface area contributed by atoms with Crippen molar-refractivity contribution in [1.82, 2.24) is 0 Å². The molecule has 548 valence electrons. The van der Waals surface area contributed by atoms with Crippen LogP contribution < -0.4 is 0 Å². The van der Waals surface area contributed by atoms with Crippen LogP contribution in [0.2, 0.25) is 0 Å². The highest BCUT2D eigenvalue weighted by Crippen LogP contribution is 2.45. The van der Waals surface area contributed by atoms with Crippen LogP contribution in [0.15, 0.2) is 24.3 Å². The highest BCUT2D eigenvalue weighted by molar-refractivity contribution is 7.47. The van der Waals surface area contributed by atoms with E-state index in [4.69, 9.17) is 37.0 Å². The molecule has 3 unspecified atom stereocenters. The van der Waals surface area contributed by atoms with Gasteiger partial charge in [0.1, 0.15) is 19.3 Å². The lowest BCUT2D eigenvalue weighted by Gasteiger charge is -2.21. The van der Waals surface area contributed by atoms with Crippen LogP contribution in [0.4, 0.5) is 0 Å². The Bertz CT molecular complexity index is 1910. The molecule has 0 spiro atoms. The molecule has 3 N–H and O–H groups in total. The van der Waals surface area contributed by atoms with Crippen molar-refractivity contribution in [2.45, 2.75) is 369 Å². The third-order valence-electron chi connectivity index (χ3n) is 16.9. The van der Waals surface area contributed by atoms with Crippen LogP contribution in [0.5, 0.6) is 0 Å². The Labute approximate surface area is 567 Å². The van der Waals surface area contributed by atoms with Gasteiger partial charge in [-0.2, -0.15) is 0 Å². The van der Waals surface area contributed by atoms with Crippen molar-refractivity contribution in [3.8, 4) is 0 Å². The lowest BCUT2D eigenvalue weighted by atomic mass is 9.99. The van der Waals surface area contributed by atoms with Gasteiger partial charge in [0, 0.05) is 25.7 Å². The number of carbonyl (C=O) groups excluding carboxylic acids is 4. The summed E-state index contributed by atoms with van der Waals surface area (Å²) in [6, 6.07) is 0. The predicted octanol–water partition coefficient (Wildman–Crippen LogP) is 21.0. The number of unbranched alkanes of at least 4 members (excludes halogenated alkanes) is 34. The predicted molar refractivity (Wildman–Crippen MR) is 377 cm³/mol. The Morgan fingerprint density at radius 3 is 0.957 bits per heavy atom. The molecule has 0 rings (SSSR count). The molecule has 0 aliphatic carbocycles. The Kier molecular flexibility index (Phi) is 62.5. The van der Waals surface area contributed by atoms with Crippen LogP contribution in [0.3, 0.4) is 0 Å². The van der Waals surface area contributed by atoms with Crippen LogP contribution in [-0.2, 0) is 65.4 Å². The summed E-state index contributed by atoms with van der Waals surface area (Å²) in [6.45, 7) is 11.7. The summed E-state index contributed by atoms with van der Waals surface area (Å²) in [7, 11) is -9.92. The van der Waals surface area contributed by atoms with Crippen LogP contribution in [0.25, 0.3) is 0 Å². The quantitative estimate of drug-likeness (QED) is 0.0169. The maximum atomic E-state index is 13.1. The normalized spacial score (nSPS) is 14.6. The Morgan fingerprint density at radius 1 is 0.355 bits per heavy atom. The Balaban J connectivity index is 5.26. The molecule has 0 aromatic carbocycles. The highest BCUT2D eigenvalue weighted by atomic mass is 31.2. The first-order valence-corrected chi connectivity index (χ1v) is 40.7. The second-order valence-corrected chi connectivity index (χ2v) is 30.1. The van der Waals surface area contributed by atoms with Crippen molar-refractivity contribution in [1.29, 1.82) is 0 Å². The molecule has 19 heteroatoms. The van der Waals surface area contributed by atoms with Gasteiger partial charge in [-0.05, 0) is 69.1 Å². The number of hydrogen-bond acceptors (Lipinski definition) is 15.